The summed E-state index contributed by atoms with van der Waals surface area (Å²) in [6, 6.07) is 0. The van der Waals surface area contributed by atoms with Crippen LogP contribution in [0, 0.1) is 5.41 Å². The summed E-state index contributed by atoms with van der Waals surface area (Å²) in [6.07, 6.45) is 0. The van der Waals surface area contributed by atoms with Crippen molar-refractivity contribution in [2.45, 2.75) is 27.7 Å². The van der Waals surface area contributed by atoms with Crippen LogP contribution in [0.5, 0.6) is 0 Å². The maximum absolute atomic E-state index is 11.7. The second-order valence-electron chi connectivity index (χ2n) is 4.41. The SMILES string of the molecule is CCOCC(=O)N(CC)CC(C)(C)CN. The van der Waals surface area contributed by atoms with Gasteiger partial charge in [0.15, 0.2) is 0 Å². The van der Waals surface area contributed by atoms with Gasteiger partial charge in [0.05, 0.1) is 0 Å². The van der Waals surface area contributed by atoms with Gasteiger partial charge in [-0.15, -0.1) is 0 Å². The molecule has 0 atom stereocenters. The minimum absolute atomic E-state index is 0.0299. The minimum atomic E-state index is -0.0299. The molecule has 1 amide bonds. The number of rotatable bonds is 7. The van der Waals surface area contributed by atoms with E-state index in [4.69, 9.17) is 10.5 Å². The molecule has 0 aliphatic rings. The lowest BCUT2D eigenvalue weighted by molar-refractivity contribution is -0.137. The van der Waals surface area contributed by atoms with Crippen LogP contribution < -0.4 is 5.73 Å². The lowest BCUT2D eigenvalue weighted by Gasteiger charge is -2.31. The highest BCUT2D eigenvalue weighted by atomic mass is 16.5. The van der Waals surface area contributed by atoms with Crippen molar-refractivity contribution in [3.8, 4) is 0 Å². The van der Waals surface area contributed by atoms with Crippen LogP contribution in [0.4, 0.5) is 0 Å². The van der Waals surface area contributed by atoms with E-state index in [1.807, 2.05) is 13.8 Å². The van der Waals surface area contributed by atoms with Gasteiger partial charge in [-0.2, -0.15) is 0 Å². The standard InChI is InChI=1S/C11H24N2O2/c1-5-13(9-11(3,4)8-12)10(14)7-15-6-2/h5-9,12H2,1-4H3. The van der Waals surface area contributed by atoms with E-state index in [-0.39, 0.29) is 17.9 Å². The van der Waals surface area contributed by atoms with Gasteiger partial charge >= 0.3 is 0 Å². The molecule has 0 rings (SSSR count). The second kappa shape index (κ2) is 6.80. The van der Waals surface area contributed by atoms with Gasteiger partial charge in [0.1, 0.15) is 6.61 Å². The van der Waals surface area contributed by atoms with E-state index in [2.05, 4.69) is 13.8 Å². The van der Waals surface area contributed by atoms with Crippen LogP contribution in [-0.4, -0.2) is 43.7 Å². The number of carbonyl (C=O) groups is 1. The lowest BCUT2D eigenvalue weighted by Crippen LogP contribution is -2.43. The molecule has 0 saturated heterocycles. The molecule has 0 unspecified atom stereocenters. The molecular weight excluding hydrogens is 192 g/mol. The topological polar surface area (TPSA) is 55.6 Å². The fourth-order valence-electron chi connectivity index (χ4n) is 1.24. The Kier molecular flexibility index (Phi) is 6.52. The number of hydrogen-bond donors (Lipinski definition) is 1. The third-order valence-corrected chi connectivity index (χ3v) is 2.34. The highest BCUT2D eigenvalue weighted by molar-refractivity contribution is 5.77. The first-order chi connectivity index (χ1) is 6.96. The normalized spacial score (nSPS) is 11.5. The molecule has 4 heteroatoms. The predicted octanol–water partition coefficient (Wildman–Crippen LogP) is 0.856. The summed E-state index contributed by atoms with van der Waals surface area (Å²) in [4.78, 5) is 13.5. The van der Waals surface area contributed by atoms with Gasteiger partial charge < -0.3 is 15.4 Å². The molecule has 0 heterocycles. The monoisotopic (exact) mass is 216 g/mol. The van der Waals surface area contributed by atoms with E-state index in [1.165, 1.54) is 0 Å². The average molecular weight is 216 g/mol. The molecule has 0 aliphatic carbocycles. The number of amides is 1. The predicted molar refractivity (Wildman–Crippen MR) is 61.6 cm³/mol. The zero-order valence-corrected chi connectivity index (χ0v) is 10.4. The maximum Gasteiger partial charge on any atom is 0.248 e. The summed E-state index contributed by atoms with van der Waals surface area (Å²) in [5.41, 5.74) is 5.61. The first-order valence-electron chi connectivity index (χ1n) is 5.52. The average Bonchev–Trinajstić information content (AvgIpc) is 2.22. The molecule has 90 valence electrons. The van der Waals surface area contributed by atoms with Crippen LogP contribution in [0.15, 0.2) is 0 Å². The molecule has 0 fully saturated rings. The van der Waals surface area contributed by atoms with Crippen molar-refractivity contribution in [2.24, 2.45) is 11.1 Å². The maximum atomic E-state index is 11.7. The molecule has 0 aromatic rings. The molecule has 0 radical (unpaired) electrons. The first-order valence-corrected chi connectivity index (χ1v) is 5.52. The Balaban J connectivity index is 4.17. The zero-order chi connectivity index (χ0) is 11.9. The van der Waals surface area contributed by atoms with E-state index in [1.54, 1.807) is 4.90 Å². The van der Waals surface area contributed by atoms with Crippen molar-refractivity contribution in [3.63, 3.8) is 0 Å². The fraction of sp³-hybridized carbons (Fsp3) is 0.909. The van der Waals surface area contributed by atoms with Gasteiger partial charge in [-0.1, -0.05) is 13.8 Å². The third-order valence-electron chi connectivity index (χ3n) is 2.34. The molecule has 0 aromatic carbocycles. The van der Waals surface area contributed by atoms with E-state index >= 15 is 0 Å². The molecule has 0 saturated carbocycles. The molecule has 15 heavy (non-hydrogen) atoms. The number of ether oxygens (including phenoxy) is 1. The van der Waals surface area contributed by atoms with Crippen LogP contribution in [0.1, 0.15) is 27.7 Å². The van der Waals surface area contributed by atoms with Crippen molar-refractivity contribution >= 4 is 5.91 Å². The van der Waals surface area contributed by atoms with Gasteiger partial charge in [-0.3, -0.25) is 4.79 Å². The quantitative estimate of drug-likeness (QED) is 0.686. The Hall–Kier alpha value is -0.610. The van der Waals surface area contributed by atoms with E-state index in [9.17, 15) is 4.79 Å². The van der Waals surface area contributed by atoms with Crippen molar-refractivity contribution in [1.29, 1.82) is 0 Å². The number of nitrogens with zero attached hydrogens (tertiary/aromatic N) is 1. The van der Waals surface area contributed by atoms with Crippen molar-refractivity contribution in [1.82, 2.24) is 4.90 Å². The van der Waals surface area contributed by atoms with Crippen LogP contribution in [0.3, 0.4) is 0 Å². The first kappa shape index (κ1) is 14.4. The summed E-state index contributed by atoms with van der Waals surface area (Å²) in [5, 5.41) is 0. The van der Waals surface area contributed by atoms with E-state index in [0.29, 0.717) is 26.2 Å². The largest absolute Gasteiger partial charge is 0.372 e. The number of hydrogen-bond acceptors (Lipinski definition) is 3. The van der Waals surface area contributed by atoms with Crippen molar-refractivity contribution < 1.29 is 9.53 Å². The Morgan fingerprint density at radius 1 is 1.40 bits per heavy atom. The number of nitrogens with two attached hydrogens (primary N) is 1. The Labute approximate surface area is 92.8 Å². The Bertz CT molecular complexity index is 193. The van der Waals surface area contributed by atoms with Crippen LogP contribution in [-0.2, 0) is 9.53 Å². The molecule has 0 bridgehead atoms. The van der Waals surface area contributed by atoms with Gasteiger partial charge in [-0.25, -0.2) is 0 Å². The smallest absolute Gasteiger partial charge is 0.248 e. The Morgan fingerprint density at radius 3 is 2.40 bits per heavy atom. The van der Waals surface area contributed by atoms with Gasteiger partial charge in [-0.05, 0) is 25.8 Å². The van der Waals surface area contributed by atoms with Gasteiger partial charge in [0.2, 0.25) is 5.91 Å². The summed E-state index contributed by atoms with van der Waals surface area (Å²) in [5.74, 6) is 0.0425. The summed E-state index contributed by atoms with van der Waals surface area (Å²) >= 11 is 0. The molecule has 2 N–H and O–H groups in total. The van der Waals surface area contributed by atoms with Crippen molar-refractivity contribution in [3.05, 3.63) is 0 Å². The summed E-state index contributed by atoms with van der Waals surface area (Å²) in [7, 11) is 0. The summed E-state index contributed by atoms with van der Waals surface area (Å²) < 4.78 is 5.10. The Morgan fingerprint density at radius 2 is 2.00 bits per heavy atom. The molecule has 4 nitrogen and oxygen atoms in total. The van der Waals surface area contributed by atoms with Gasteiger partial charge in [0.25, 0.3) is 0 Å². The molecular formula is C11H24N2O2. The van der Waals surface area contributed by atoms with Gasteiger partial charge in [0, 0.05) is 19.7 Å². The highest BCUT2D eigenvalue weighted by Crippen LogP contribution is 2.14. The molecule has 0 spiro atoms. The number of carbonyl (C=O) groups excluding carboxylic acids is 1. The third kappa shape index (κ3) is 5.74. The van der Waals surface area contributed by atoms with E-state index < -0.39 is 0 Å². The zero-order valence-electron chi connectivity index (χ0n) is 10.4. The number of likely N-dealkylation sites (N-methyl/N-ethyl adjacent to an activating group) is 1. The van der Waals surface area contributed by atoms with E-state index in [0.717, 1.165) is 0 Å². The lowest BCUT2D eigenvalue weighted by atomic mass is 9.93. The second-order valence-corrected chi connectivity index (χ2v) is 4.41. The van der Waals surface area contributed by atoms with Crippen LogP contribution >= 0.6 is 0 Å². The highest BCUT2D eigenvalue weighted by Gasteiger charge is 2.22. The van der Waals surface area contributed by atoms with Crippen LogP contribution in [0.2, 0.25) is 0 Å². The van der Waals surface area contributed by atoms with Crippen molar-refractivity contribution in [2.75, 3.05) is 32.8 Å². The summed E-state index contributed by atoms with van der Waals surface area (Å²) in [6.45, 7) is 10.7. The molecule has 0 aromatic heterocycles. The van der Waals surface area contributed by atoms with Crippen LogP contribution in [0.25, 0.3) is 0 Å². The molecule has 0 aliphatic heterocycles. The minimum Gasteiger partial charge on any atom is -0.372 e. The fourth-order valence-corrected chi connectivity index (χ4v) is 1.24.